The summed E-state index contributed by atoms with van der Waals surface area (Å²) >= 11 is 0. The highest BCUT2D eigenvalue weighted by Gasteiger charge is 2.21. The van der Waals surface area contributed by atoms with Gasteiger partial charge in [-0.05, 0) is 131 Å². The van der Waals surface area contributed by atoms with Gasteiger partial charge in [-0.25, -0.2) is 0 Å². The molecule has 1 aliphatic carbocycles. The van der Waals surface area contributed by atoms with Gasteiger partial charge in [-0.1, -0.05) is 186 Å². The van der Waals surface area contributed by atoms with Gasteiger partial charge in [0.2, 0.25) is 0 Å². The highest BCUT2D eigenvalue weighted by atomic mass is 14.2. The number of allylic oxidation sites excluding steroid dienone is 2. The molecular weight excluding hydrogens is 637 g/mol. The van der Waals surface area contributed by atoms with Gasteiger partial charge in [0, 0.05) is 0 Å². The molecule has 0 saturated carbocycles. The van der Waals surface area contributed by atoms with Crippen molar-refractivity contribution >= 4 is 55.2 Å². The van der Waals surface area contributed by atoms with Crippen molar-refractivity contribution in [1.29, 1.82) is 0 Å². The third-order valence-corrected chi connectivity index (χ3v) is 10.6. The minimum atomic E-state index is 0.941. The van der Waals surface area contributed by atoms with E-state index in [2.05, 4.69) is 185 Å². The van der Waals surface area contributed by atoms with Gasteiger partial charge in [0.15, 0.2) is 0 Å². The predicted molar refractivity (Wildman–Crippen MR) is 237 cm³/mol. The molecule has 0 aromatic heterocycles. The quantitative estimate of drug-likeness (QED) is 0.162. The second-order valence-corrected chi connectivity index (χ2v) is 13.9. The molecule has 53 heavy (non-hydrogen) atoms. The molecule has 0 nitrogen and oxygen atoms in total. The van der Waals surface area contributed by atoms with Crippen molar-refractivity contribution in [1.82, 2.24) is 0 Å². The molecule has 0 bridgehead atoms. The van der Waals surface area contributed by atoms with Crippen LogP contribution in [0.1, 0.15) is 69.2 Å². The topological polar surface area (TPSA) is 0 Å². The lowest BCUT2D eigenvalue weighted by atomic mass is 9.82. The Balaban J connectivity index is 0.000000682. The molecule has 0 aliphatic heterocycles. The van der Waals surface area contributed by atoms with Gasteiger partial charge in [-0.2, -0.15) is 0 Å². The number of hydrogen-bond donors (Lipinski definition) is 0. The first-order chi connectivity index (χ1) is 26.1. The molecule has 8 aromatic rings. The molecule has 0 unspecified atom stereocenters. The molecule has 0 amide bonds. The van der Waals surface area contributed by atoms with E-state index in [1.807, 2.05) is 13.8 Å². The van der Waals surface area contributed by atoms with Crippen LogP contribution in [0, 0.1) is 13.8 Å². The molecule has 0 saturated heterocycles. The van der Waals surface area contributed by atoms with Crippen molar-refractivity contribution in [3.8, 4) is 33.4 Å². The van der Waals surface area contributed by atoms with Gasteiger partial charge < -0.3 is 0 Å². The fraction of sp³-hybridized carbons (Fsp3) is 0.170. The van der Waals surface area contributed by atoms with E-state index in [0.717, 1.165) is 6.42 Å². The number of unbranched alkanes of at least 4 members (excludes halogenated alkanes) is 1. The summed E-state index contributed by atoms with van der Waals surface area (Å²) in [6.45, 7) is 12.9. The average Bonchev–Trinajstić information content (AvgIpc) is 3.47. The maximum Gasteiger partial charge on any atom is -0.00199 e. The summed E-state index contributed by atoms with van der Waals surface area (Å²) in [5.74, 6) is 0. The Kier molecular flexibility index (Phi) is 10.7. The predicted octanol–water partition coefficient (Wildman–Crippen LogP) is 16.2. The van der Waals surface area contributed by atoms with Crippen LogP contribution in [0.2, 0.25) is 0 Å². The summed E-state index contributed by atoms with van der Waals surface area (Å²) in [5, 5.41) is 10.3. The number of benzene rings is 8. The highest BCUT2D eigenvalue weighted by Crippen LogP contribution is 2.47. The molecular formula is C53H50. The largest absolute Gasteiger partial charge is 0.0801 e. The van der Waals surface area contributed by atoms with Crippen LogP contribution >= 0.6 is 0 Å². The number of fused-ring (bicyclic) bond motifs is 6. The van der Waals surface area contributed by atoms with Crippen molar-refractivity contribution in [3.05, 3.63) is 168 Å². The van der Waals surface area contributed by atoms with E-state index in [1.54, 1.807) is 0 Å². The number of hydrogen-bond acceptors (Lipinski definition) is 0. The van der Waals surface area contributed by atoms with E-state index in [4.69, 9.17) is 0 Å². The first kappa shape index (κ1) is 35.7. The normalized spacial score (nSPS) is 11.9. The van der Waals surface area contributed by atoms with Gasteiger partial charge in [0.25, 0.3) is 0 Å². The highest BCUT2D eigenvalue weighted by molar-refractivity contribution is 6.23. The zero-order valence-electron chi connectivity index (χ0n) is 32.1. The van der Waals surface area contributed by atoms with Crippen LogP contribution in [0.4, 0.5) is 0 Å². The molecule has 0 atom stereocenters. The first-order valence-electron chi connectivity index (χ1n) is 19.5. The number of aryl methyl sites for hydroxylation is 2. The molecule has 9 rings (SSSR count). The summed E-state index contributed by atoms with van der Waals surface area (Å²) < 4.78 is 0. The van der Waals surface area contributed by atoms with E-state index < -0.39 is 0 Å². The van der Waals surface area contributed by atoms with Gasteiger partial charge in [0.05, 0.1) is 0 Å². The van der Waals surface area contributed by atoms with Crippen LogP contribution < -0.4 is 0 Å². The summed E-state index contributed by atoms with van der Waals surface area (Å²) in [6.07, 6.45) is 12.8. The Morgan fingerprint density at radius 3 is 1.47 bits per heavy atom. The standard InChI is InChI=1S/C47H34.C4H10.C2H6/c1-30-27-35(24-25-36(30)44-28-33-15-7-6-14-32(33)26-31(44)2)46-40-20-10-12-22-42(40)47(43-23-13-11-21-41(43)46)45-29-34-16-8-9-17-37(34)38-18-4-3-5-19-39(38)45;1-3-4-2;1-2/h4-29H,3H2,1-2H3;3-4H2,1-2H3;1-2H3. The molecule has 0 fully saturated rings. The van der Waals surface area contributed by atoms with E-state index in [1.165, 1.54) is 112 Å². The Hall–Kier alpha value is -5.72. The van der Waals surface area contributed by atoms with Crippen molar-refractivity contribution in [2.45, 2.75) is 60.8 Å². The van der Waals surface area contributed by atoms with Crippen LogP contribution in [-0.2, 0) is 0 Å². The van der Waals surface area contributed by atoms with Gasteiger partial charge >= 0.3 is 0 Å². The van der Waals surface area contributed by atoms with Crippen LogP contribution in [-0.4, -0.2) is 0 Å². The fourth-order valence-electron chi connectivity index (χ4n) is 7.90. The molecule has 8 aromatic carbocycles. The van der Waals surface area contributed by atoms with Crippen molar-refractivity contribution in [2.75, 3.05) is 0 Å². The molecule has 0 heteroatoms. The van der Waals surface area contributed by atoms with Gasteiger partial charge in [0.1, 0.15) is 0 Å². The van der Waals surface area contributed by atoms with Gasteiger partial charge in [-0.3, -0.25) is 0 Å². The summed E-state index contributed by atoms with van der Waals surface area (Å²) in [5.41, 5.74) is 12.9. The lowest BCUT2D eigenvalue weighted by Crippen LogP contribution is -1.95. The molecule has 0 spiro atoms. The summed E-state index contributed by atoms with van der Waals surface area (Å²) in [4.78, 5) is 0. The maximum atomic E-state index is 2.41. The van der Waals surface area contributed by atoms with Crippen LogP contribution in [0.15, 0.2) is 146 Å². The summed E-state index contributed by atoms with van der Waals surface area (Å²) in [7, 11) is 0. The lowest BCUT2D eigenvalue weighted by molar-refractivity contribution is 0.886. The second kappa shape index (κ2) is 15.9. The third-order valence-electron chi connectivity index (χ3n) is 10.6. The van der Waals surface area contributed by atoms with Crippen LogP contribution in [0.5, 0.6) is 0 Å². The molecule has 0 heterocycles. The first-order valence-corrected chi connectivity index (χ1v) is 19.5. The van der Waals surface area contributed by atoms with Crippen molar-refractivity contribution in [2.24, 2.45) is 0 Å². The van der Waals surface area contributed by atoms with Crippen molar-refractivity contribution < 1.29 is 0 Å². The minimum Gasteiger partial charge on any atom is -0.0801 e. The zero-order valence-corrected chi connectivity index (χ0v) is 32.1. The smallest absolute Gasteiger partial charge is 0.00199 e. The monoisotopic (exact) mass is 686 g/mol. The van der Waals surface area contributed by atoms with Crippen LogP contribution in [0.25, 0.3) is 88.6 Å². The molecule has 262 valence electrons. The van der Waals surface area contributed by atoms with E-state index in [-0.39, 0.29) is 0 Å². The Bertz CT molecular complexity index is 2590. The van der Waals surface area contributed by atoms with Crippen LogP contribution in [0.3, 0.4) is 0 Å². The average molecular weight is 687 g/mol. The van der Waals surface area contributed by atoms with Crippen molar-refractivity contribution in [3.63, 3.8) is 0 Å². The SMILES string of the molecule is CC.CCCC.Cc1cc(-c2c3ccccc3c(-c3cc4ccccc4c4c3C=CCC=C4)c3ccccc23)ccc1-c1cc2ccccc2cc1C. The fourth-order valence-corrected chi connectivity index (χ4v) is 7.90. The third kappa shape index (κ3) is 6.71. The van der Waals surface area contributed by atoms with E-state index in [0.29, 0.717) is 0 Å². The maximum absolute atomic E-state index is 2.41. The minimum absolute atomic E-state index is 0.941. The van der Waals surface area contributed by atoms with Gasteiger partial charge in [-0.15, -0.1) is 0 Å². The number of rotatable bonds is 4. The molecule has 1 aliphatic rings. The second-order valence-electron chi connectivity index (χ2n) is 13.9. The molecule has 0 N–H and O–H groups in total. The summed E-state index contributed by atoms with van der Waals surface area (Å²) in [6, 6.07) is 49.6. The Morgan fingerprint density at radius 2 is 0.887 bits per heavy atom. The lowest BCUT2D eigenvalue weighted by Gasteiger charge is -2.21. The Labute approximate surface area is 316 Å². The van der Waals surface area contributed by atoms with E-state index in [9.17, 15) is 0 Å². The van der Waals surface area contributed by atoms with E-state index >= 15 is 0 Å². The Morgan fingerprint density at radius 1 is 0.415 bits per heavy atom. The molecule has 0 radical (unpaired) electrons. The zero-order chi connectivity index (χ0) is 36.9.